The van der Waals surface area contributed by atoms with Crippen molar-refractivity contribution in [1.82, 2.24) is 9.55 Å². The predicted octanol–water partition coefficient (Wildman–Crippen LogP) is 2.21. The molecule has 0 atom stereocenters. The summed E-state index contributed by atoms with van der Waals surface area (Å²) in [5, 5.41) is 0. The number of aryl methyl sites for hydroxylation is 2. The second kappa shape index (κ2) is 4.72. The highest BCUT2D eigenvalue weighted by molar-refractivity contribution is 5.63. The molecule has 0 radical (unpaired) electrons. The quantitative estimate of drug-likeness (QED) is 0.877. The average Bonchev–Trinajstić information content (AvgIpc) is 2.59. The third-order valence-electron chi connectivity index (χ3n) is 3.14. The summed E-state index contributed by atoms with van der Waals surface area (Å²) in [5.74, 6) is 1.03. The first-order valence-corrected chi connectivity index (χ1v) is 5.92. The molecular formula is C14H19N3. The molecule has 0 aliphatic heterocycles. The van der Waals surface area contributed by atoms with Crippen molar-refractivity contribution in [3.8, 4) is 11.3 Å². The Labute approximate surface area is 102 Å². The van der Waals surface area contributed by atoms with Gasteiger partial charge < -0.3 is 10.3 Å². The summed E-state index contributed by atoms with van der Waals surface area (Å²) in [6.07, 6.45) is 0.862. The molecule has 2 rings (SSSR count). The minimum atomic E-state index is 0.651. The summed E-state index contributed by atoms with van der Waals surface area (Å²) in [5.41, 5.74) is 10.4. The molecule has 0 spiro atoms. The van der Waals surface area contributed by atoms with E-state index in [1.54, 1.807) is 0 Å². The van der Waals surface area contributed by atoms with Gasteiger partial charge in [0.1, 0.15) is 5.82 Å². The first-order chi connectivity index (χ1) is 8.13. The van der Waals surface area contributed by atoms with Crippen LogP contribution < -0.4 is 5.73 Å². The minimum absolute atomic E-state index is 0.651. The van der Waals surface area contributed by atoms with Crippen LogP contribution in [0.2, 0.25) is 0 Å². The first-order valence-electron chi connectivity index (χ1n) is 5.92. The van der Waals surface area contributed by atoms with Crippen LogP contribution in [0.25, 0.3) is 11.3 Å². The highest BCUT2D eigenvalue weighted by Gasteiger charge is 2.12. The van der Waals surface area contributed by atoms with Gasteiger partial charge in [-0.3, -0.25) is 0 Å². The summed E-state index contributed by atoms with van der Waals surface area (Å²) in [6, 6.07) is 8.48. The Hall–Kier alpha value is -1.61. The van der Waals surface area contributed by atoms with Crippen molar-refractivity contribution in [2.45, 2.75) is 20.3 Å². The van der Waals surface area contributed by atoms with E-state index in [1.807, 2.05) is 14.0 Å². The van der Waals surface area contributed by atoms with Gasteiger partial charge in [0.25, 0.3) is 0 Å². The van der Waals surface area contributed by atoms with Crippen LogP contribution in [0.3, 0.4) is 0 Å². The Bertz CT molecular complexity index is 509. The molecule has 2 N–H and O–H groups in total. The van der Waals surface area contributed by atoms with Gasteiger partial charge in [-0.25, -0.2) is 4.98 Å². The van der Waals surface area contributed by atoms with Gasteiger partial charge in [0.15, 0.2) is 0 Å². The van der Waals surface area contributed by atoms with Gasteiger partial charge in [0.2, 0.25) is 0 Å². The predicted molar refractivity (Wildman–Crippen MR) is 70.9 cm³/mol. The van der Waals surface area contributed by atoms with Crippen LogP contribution in [0.5, 0.6) is 0 Å². The van der Waals surface area contributed by atoms with Gasteiger partial charge in [0, 0.05) is 24.7 Å². The van der Waals surface area contributed by atoms with Crippen LogP contribution in [0.15, 0.2) is 24.3 Å². The van der Waals surface area contributed by atoms with Gasteiger partial charge in [-0.05, 0) is 20.4 Å². The van der Waals surface area contributed by atoms with Crippen molar-refractivity contribution >= 4 is 0 Å². The molecule has 0 unspecified atom stereocenters. The largest absolute Gasteiger partial charge is 0.335 e. The van der Waals surface area contributed by atoms with E-state index < -0.39 is 0 Å². The monoisotopic (exact) mass is 229 g/mol. The normalized spacial score (nSPS) is 10.8. The third-order valence-corrected chi connectivity index (χ3v) is 3.14. The zero-order valence-corrected chi connectivity index (χ0v) is 10.7. The van der Waals surface area contributed by atoms with Crippen LogP contribution in [0, 0.1) is 13.8 Å². The maximum Gasteiger partial charge on any atom is 0.106 e. The molecule has 3 nitrogen and oxygen atoms in total. The summed E-state index contributed by atoms with van der Waals surface area (Å²) < 4.78 is 2.13. The molecule has 1 heterocycles. The fourth-order valence-corrected chi connectivity index (χ4v) is 2.02. The van der Waals surface area contributed by atoms with E-state index in [0.717, 1.165) is 17.9 Å². The molecule has 90 valence electrons. The SMILES string of the molecule is Cc1ccc(-c2nc(C)n(C)c2CCN)cc1. The third kappa shape index (κ3) is 2.24. The molecule has 0 fully saturated rings. The molecule has 1 aromatic carbocycles. The summed E-state index contributed by atoms with van der Waals surface area (Å²) >= 11 is 0. The number of aromatic nitrogens is 2. The van der Waals surface area contributed by atoms with Crippen molar-refractivity contribution in [3.05, 3.63) is 41.3 Å². The molecule has 0 aliphatic rings. The minimum Gasteiger partial charge on any atom is -0.335 e. The van der Waals surface area contributed by atoms with Gasteiger partial charge in [0.05, 0.1) is 5.69 Å². The lowest BCUT2D eigenvalue weighted by atomic mass is 10.1. The zero-order chi connectivity index (χ0) is 12.4. The number of nitrogens with two attached hydrogens (primary N) is 1. The Kier molecular flexibility index (Phi) is 3.29. The van der Waals surface area contributed by atoms with Crippen LogP contribution in [-0.4, -0.2) is 16.1 Å². The molecular weight excluding hydrogens is 210 g/mol. The molecule has 17 heavy (non-hydrogen) atoms. The Morgan fingerprint density at radius 1 is 1.18 bits per heavy atom. The van der Waals surface area contributed by atoms with Gasteiger partial charge in [-0.1, -0.05) is 29.8 Å². The lowest BCUT2D eigenvalue weighted by Crippen LogP contribution is -2.08. The van der Waals surface area contributed by atoms with Crippen molar-refractivity contribution < 1.29 is 0 Å². The highest BCUT2D eigenvalue weighted by atomic mass is 15.1. The molecule has 0 saturated heterocycles. The first kappa shape index (κ1) is 11.9. The smallest absolute Gasteiger partial charge is 0.106 e. The maximum absolute atomic E-state index is 5.67. The Morgan fingerprint density at radius 2 is 1.82 bits per heavy atom. The number of imidazole rings is 1. The molecule has 0 saturated carbocycles. The van der Waals surface area contributed by atoms with Gasteiger partial charge in [-0.2, -0.15) is 0 Å². The number of benzene rings is 1. The van der Waals surface area contributed by atoms with Crippen LogP contribution in [-0.2, 0) is 13.5 Å². The fourth-order valence-electron chi connectivity index (χ4n) is 2.02. The molecule has 3 heteroatoms. The molecule has 0 amide bonds. The van der Waals surface area contributed by atoms with Gasteiger partial charge >= 0.3 is 0 Å². The van der Waals surface area contributed by atoms with E-state index in [-0.39, 0.29) is 0 Å². The summed E-state index contributed by atoms with van der Waals surface area (Å²) in [6.45, 7) is 4.77. The van der Waals surface area contributed by atoms with E-state index >= 15 is 0 Å². The lowest BCUT2D eigenvalue weighted by molar-refractivity contribution is 0.778. The van der Waals surface area contributed by atoms with E-state index in [2.05, 4.69) is 40.7 Å². The van der Waals surface area contributed by atoms with Crippen LogP contribution in [0.4, 0.5) is 0 Å². The summed E-state index contributed by atoms with van der Waals surface area (Å²) in [4.78, 5) is 4.64. The molecule has 0 aliphatic carbocycles. The van der Waals surface area contributed by atoms with E-state index in [0.29, 0.717) is 6.54 Å². The van der Waals surface area contributed by atoms with E-state index in [9.17, 15) is 0 Å². The highest BCUT2D eigenvalue weighted by Crippen LogP contribution is 2.24. The summed E-state index contributed by atoms with van der Waals surface area (Å²) in [7, 11) is 2.05. The van der Waals surface area contributed by atoms with Crippen LogP contribution in [0.1, 0.15) is 17.1 Å². The second-order valence-electron chi connectivity index (χ2n) is 4.42. The second-order valence-corrected chi connectivity index (χ2v) is 4.42. The van der Waals surface area contributed by atoms with Crippen molar-refractivity contribution in [3.63, 3.8) is 0 Å². The van der Waals surface area contributed by atoms with Crippen molar-refractivity contribution in [2.24, 2.45) is 12.8 Å². The van der Waals surface area contributed by atoms with E-state index in [1.165, 1.54) is 16.8 Å². The Balaban J connectivity index is 2.50. The molecule has 2 aromatic rings. The number of rotatable bonds is 3. The van der Waals surface area contributed by atoms with Gasteiger partial charge in [-0.15, -0.1) is 0 Å². The standard InChI is InChI=1S/C14H19N3/c1-10-4-6-12(7-5-10)14-13(8-9-15)17(3)11(2)16-14/h4-7H,8-9,15H2,1-3H3. The molecule has 0 bridgehead atoms. The number of hydrogen-bond acceptors (Lipinski definition) is 2. The lowest BCUT2D eigenvalue weighted by Gasteiger charge is -2.05. The topological polar surface area (TPSA) is 43.8 Å². The van der Waals surface area contributed by atoms with Crippen molar-refractivity contribution in [2.75, 3.05) is 6.54 Å². The average molecular weight is 229 g/mol. The zero-order valence-electron chi connectivity index (χ0n) is 10.7. The van der Waals surface area contributed by atoms with Crippen LogP contribution >= 0.6 is 0 Å². The number of hydrogen-bond donors (Lipinski definition) is 1. The number of nitrogens with zero attached hydrogens (tertiary/aromatic N) is 2. The Morgan fingerprint density at radius 3 is 2.41 bits per heavy atom. The van der Waals surface area contributed by atoms with Crippen molar-refractivity contribution in [1.29, 1.82) is 0 Å². The van der Waals surface area contributed by atoms with E-state index in [4.69, 9.17) is 5.73 Å². The fraction of sp³-hybridized carbons (Fsp3) is 0.357. The maximum atomic E-state index is 5.67. The molecule has 1 aromatic heterocycles.